The van der Waals surface area contributed by atoms with E-state index in [4.69, 9.17) is 9.84 Å². The number of hydrogen-bond acceptors (Lipinski definition) is 6. The molecule has 0 aromatic carbocycles. The Bertz CT molecular complexity index is 215. The number of nitrogens with one attached hydrogen (secondary N) is 1. The minimum absolute atomic E-state index is 0.0797. The first kappa shape index (κ1) is 13.8. The smallest absolute Gasteiger partial charge is 0.134 e. The van der Waals surface area contributed by atoms with Crippen molar-refractivity contribution < 1.29 is 25.2 Å². The number of aliphatic hydroxyl groups is 4. The van der Waals surface area contributed by atoms with Crippen LogP contribution in [0.15, 0.2) is 0 Å². The lowest BCUT2D eigenvalue weighted by atomic mass is 10.1. The van der Waals surface area contributed by atoms with Crippen LogP contribution in [0.25, 0.3) is 0 Å². The third-order valence-corrected chi connectivity index (χ3v) is 2.96. The van der Waals surface area contributed by atoms with Gasteiger partial charge < -0.3 is 25.2 Å². The summed E-state index contributed by atoms with van der Waals surface area (Å²) in [6.07, 6.45) is -4.34. The van der Waals surface area contributed by atoms with E-state index < -0.39 is 30.6 Å². The summed E-state index contributed by atoms with van der Waals surface area (Å²) >= 11 is 0. The van der Waals surface area contributed by atoms with E-state index in [2.05, 4.69) is 5.32 Å². The van der Waals surface area contributed by atoms with Gasteiger partial charge in [-0.1, -0.05) is 6.92 Å². The molecule has 16 heavy (non-hydrogen) atoms. The van der Waals surface area contributed by atoms with Gasteiger partial charge in [-0.2, -0.15) is 0 Å². The Labute approximate surface area is 94.9 Å². The molecule has 0 radical (unpaired) electrons. The van der Waals surface area contributed by atoms with Gasteiger partial charge in [-0.25, -0.2) is 0 Å². The second-order valence-electron chi connectivity index (χ2n) is 4.22. The maximum Gasteiger partial charge on any atom is 0.134 e. The molecule has 6 nitrogen and oxygen atoms in total. The van der Waals surface area contributed by atoms with Crippen LogP contribution in [0.1, 0.15) is 20.3 Å². The molecule has 5 N–H and O–H groups in total. The first-order chi connectivity index (χ1) is 7.51. The van der Waals surface area contributed by atoms with E-state index in [-0.39, 0.29) is 12.6 Å². The molecule has 1 aliphatic heterocycles. The molecule has 1 heterocycles. The van der Waals surface area contributed by atoms with E-state index in [1.807, 2.05) is 13.8 Å². The Kier molecular flexibility index (Phi) is 5.10. The van der Waals surface area contributed by atoms with Crippen molar-refractivity contribution in [2.24, 2.45) is 0 Å². The lowest BCUT2D eigenvalue weighted by Crippen LogP contribution is -2.49. The summed E-state index contributed by atoms with van der Waals surface area (Å²) in [6.45, 7) is 3.47. The molecule has 96 valence electrons. The van der Waals surface area contributed by atoms with Crippen LogP contribution in [-0.2, 0) is 4.74 Å². The molecular weight excluding hydrogens is 214 g/mol. The molecule has 6 heteroatoms. The van der Waals surface area contributed by atoms with Gasteiger partial charge in [-0.15, -0.1) is 0 Å². The first-order valence-corrected chi connectivity index (χ1v) is 5.57. The second kappa shape index (κ2) is 5.90. The van der Waals surface area contributed by atoms with Crippen LogP contribution in [0.3, 0.4) is 0 Å². The molecule has 0 bridgehead atoms. The average molecular weight is 235 g/mol. The zero-order chi connectivity index (χ0) is 12.3. The molecular formula is C10H21NO5. The summed E-state index contributed by atoms with van der Waals surface area (Å²) in [6, 6.07) is 0.0797. The maximum absolute atomic E-state index is 9.76. The standard InChI is InChI=1S/C10H21NO5/c1-3-5(2)11-10(15)9-8(14)7(13)6(4-12)16-9/h5-15H,3-4H2,1-2H3/t5?,6-,7-,8+,9-,10?/m1/s1. The fourth-order valence-corrected chi connectivity index (χ4v) is 1.69. The van der Waals surface area contributed by atoms with Crippen molar-refractivity contribution in [3.8, 4) is 0 Å². The highest BCUT2D eigenvalue weighted by atomic mass is 16.6. The summed E-state index contributed by atoms with van der Waals surface area (Å²) in [5, 5.41) is 40.6. The fraction of sp³-hybridized carbons (Fsp3) is 1.00. The normalized spacial score (nSPS) is 38.6. The van der Waals surface area contributed by atoms with E-state index in [0.717, 1.165) is 6.42 Å². The Morgan fingerprint density at radius 2 is 1.94 bits per heavy atom. The summed E-state index contributed by atoms with van der Waals surface area (Å²) in [4.78, 5) is 0. The second-order valence-corrected chi connectivity index (χ2v) is 4.22. The van der Waals surface area contributed by atoms with Gasteiger partial charge in [0.15, 0.2) is 0 Å². The topological polar surface area (TPSA) is 102 Å². The zero-order valence-corrected chi connectivity index (χ0v) is 9.58. The molecule has 0 amide bonds. The zero-order valence-electron chi connectivity index (χ0n) is 9.58. The number of rotatable bonds is 5. The summed E-state index contributed by atoms with van der Waals surface area (Å²) in [7, 11) is 0. The Morgan fingerprint density at radius 3 is 2.38 bits per heavy atom. The Morgan fingerprint density at radius 1 is 1.31 bits per heavy atom. The van der Waals surface area contributed by atoms with E-state index >= 15 is 0 Å². The highest BCUT2D eigenvalue weighted by molar-refractivity contribution is 4.93. The molecule has 0 spiro atoms. The molecule has 0 aliphatic carbocycles. The van der Waals surface area contributed by atoms with Crippen molar-refractivity contribution in [2.75, 3.05) is 6.61 Å². The largest absolute Gasteiger partial charge is 0.394 e. The monoisotopic (exact) mass is 235 g/mol. The minimum Gasteiger partial charge on any atom is -0.394 e. The van der Waals surface area contributed by atoms with Crippen molar-refractivity contribution >= 4 is 0 Å². The lowest BCUT2D eigenvalue weighted by Gasteiger charge is -2.24. The van der Waals surface area contributed by atoms with Gasteiger partial charge in [-0.3, -0.25) is 5.32 Å². The molecule has 1 rings (SSSR count). The molecule has 0 aromatic rings. The fourth-order valence-electron chi connectivity index (χ4n) is 1.69. The maximum atomic E-state index is 9.76. The quantitative estimate of drug-likeness (QED) is 0.359. The predicted molar refractivity (Wildman–Crippen MR) is 56.7 cm³/mol. The highest BCUT2D eigenvalue weighted by Gasteiger charge is 2.45. The highest BCUT2D eigenvalue weighted by Crippen LogP contribution is 2.23. The molecule has 0 saturated carbocycles. The first-order valence-electron chi connectivity index (χ1n) is 5.57. The van der Waals surface area contributed by atoms with Crippen molar-refractivity contribution in [2.45, 2.75) is 57.0 Å². The van der Waals surface area contributed by atoms with E-state index in [9.17, 15) is 15.3 Å². The van der Waals surface area contributed by atoms with Crippen LogP contribution in [0.5, 0.6) is 0 Å². The van der Waals surface area contributed by atoms with Crippen LogP contribution in [0, 0.1) is 0 Å². The van der Waals surface area contributed by atoms with Crippen LogP contribution < -0.4 is 5.32 Å². The Hall–Kier alpha value is -0.240. The van der Waals surface area contributed by atoms with Crippen LogP contribution >= 0.6 is 0 Å². The van der Waals surface area contributed by atoms with Gasteiger partial charge in [0, 0.05) is 6.04 Å². The van der Waals surface area contributed by atoms with Gasteiger partial charge in [0.05, 0.1) is 6.61 Å². The third kappa shape index (κ3) is 2.91. The summed E-state index contributed by atoms with van der Waals surface area (Å²) in [5.41, 5.74) is 0. The van der Waals surface area contributed by atoms with Crippen LogP contribution in [0.4, 0.5) is 0 Å². The minimum atomic E-state index is -1.19. The lowest BCUT2D eigenvalue weighted by molar-refractivity contribution is -0.0879. The van der Waals surface area contributed by atoms with Gasteiger partial charge in [0.2, 0.25) is 0 Å². The summed E-state index contributed by atoms with van der Waals surface area (Å²) in [5.74, 6) is 0. The van der Waals surface area contributed by atoms with Crippen LogP contribution in [0.2, 0.25) is 0 Å². The molecule has 0 aromatic heterocycles. The molecule has 2 unspecified atom stereocenters. The van der Waals surface area contributed by atoms with Gasteiger partial charge in [-0.05, 0) is 13.3 Å². The Balaban J connectivity index is 2.54. The van der Waals surface area contributed by atoms with Gasteiger partial charge >= 0.3 is 0 Å². The van der Waals surface area contributed by atoms with Crippen molar-refractivity contribution in [3.05, 3.63) is 0 Å². The van der Waals surface area contributed by atoms with Crippen molar-refractivity contribution in [1.82, 2.24) is 5.32 Å². The van der Waals surface area contributed by atoms with Crippen molar-refractivity contribution in [1.29, 1.82) is 0 Å². The van der Waals surface area contributed by atoms with Gasteiger partial charge in [0.25, 0.3) is 0 Å². The molecule has 1 aliphatic rings. The van der Waals surface area contributed by atoms with E-state index in [1.54, 1.807) is 0 Å². The summed E-state index contributed by atoms with van der Waals surface area (Å²) < 4.78 is 5.18. The molecule has 1 fully saturated rings. The van der Waals surface area contributed by atoms with Crippen molar-refractivity contribution in [3.63, 3.8) is 0 Å². The van der Waals surface area contributed by atoms with E-state index in [0.29, 0.717) is 0 Å². The van der Waals surface area contributed by atoms with Gasteiger partial charge in [0.1, 0.15) is 30.6 Å². The molecule has 1 saturated heterocycles. The predicted octanol–water partition coefficient (Wildman–Crippen LogP) is -1.83. The SMILES string of the molecule is CCC(C)NC(O)[C@@H]1O[C@H](CO)[C@@H](O)[C@@H]1O. The number of ether oxygens (including phenoxy) is 1. The number of hydrogen-bond donors (Lipinski definition) is 5. The van der Waals surface area contributed by atoms with E-state index in [1.165, 1.54) is 0 Å². The average Bonchev–Trinajstić information content (AvgIpc) is 2.55. The molecule has 6 atom stereocenters. The van der Waals surface area contributed by atoms with Crippen LogP contribution in [-0.4, -0.2) is 63.7 Å². The third-order valence-electron chi connectivity index (χ3n) is 2.96. The number of aliphatic hydroxyl groups excluding tert-OH is 4.